The van der Waals surface area contributed by atoms with Crippen molar-refractivity contribution in [2.45, 2.75) is 24.8 Å². The number of methoxy groups -OCH3 is 1. The van der Waals surface area contributed by atoms with Gasteiger partial charge in [-0.05, 0) is 35.7 Å². The summed E-state index contributed by atoms with van der Waals surface area (Å²) in [4.78, 5) is 26.1. The molecule has 1 amide bonds. The van der Waals surface area contributed by atoms with E-state index in [9.17, 15) is 9.59 Å². The fraction of sp³-hybridized carbons (Fsp3) is 0.200. The highest BCUT2D eigenvalue weighted by molar-refractivity contribution is 9.10. The maximum absolute atomic E-state index is 13.6. The van der Waals surface area contributed by atoms with Crippen LogP contribution in [0, 0.1) is 0 Å². The number of carbonyl (C=O) groups excluding carboxylic acids is 2. The molecule has 0 spiro atoms. The summed E-state index contributed by atoms with van der Waals surface area (Å²) in [5.41, 5.74) is 1.65. The van der Waals surface area contributed by atoms with Gasteiger partial charge in [0.1, 0.15) is 6.04 Å². The molecule has 1 atom stereocenters. The number of ether oxygens (including phenoxy) is 1. The van der Waals surface area contributed by atoms with Crippen molar-refractivity contribution in [2.24, 2.45) is 0 Å². The number of rotatable bonds is 7. The lowest BCUT2D eigenvalue weighted by molar-refractivity contribution is -0.145. The summed E-state index contributed by atoms with van der Waals surface area (Å²) in [7, 11) is 1.33. The Morgan fingerprint density at radius 2 is 1.50 bits per heavy atom. The summed E-state index contributed by atoms with van der Waals surface area (Å²) in [6.07, 6.45) is 0.331. The minimum absolute atomic E-state index is 0.259. The first kappa shape index (κ1) is 21.8. The first-order chi connectivity index (χ1) is 14.4. The summed E-state index contributed by atoms with van der Waals surface area (Å²) < 4.78 is 5.88. The summed E-state index contributed by atoms with van der Waals surface area (Å²) in [6.45, 7) is 1.88. The van der Waals surface area contributed by atoms with Gasteiger partial charge in [-0.1, -0.05) is 88.7 Å². The maximum Gasteiger partial charge on any atom is 0.328 e. The second-order valence-electron chi connectivity index (χ2n) is 7.24. The molecule has 0 fully saturated rings. The third kappa shape index (κ3) is 4.79. The topological polar surface area (TPSA) is 55.4 Å². The van der Waals surface area contributed by atoms with Crippen molar-refractivity contribution in [1.82, 2.24) is 5.32 Å². The zero-order valence-electron chi connectivity index (χ0n) is 17.0. The molecule has 1 N–H and O–H groups in total. The van der Waals surface area contributed by atoms with Crippen molar-refractivity contribution in [2.75, 3.05) is 7.11 Å². The molecule has 0 saturated carbocycles. The van der Waals surface area contributed by atoms with E-state index < -0.39 is 17.4 Å². The average Bonchev–Trinajstić information content (AvgIpc) is 2.78. The van der Waals surface area contributed by atoms with E-state index in [1.807, 2.05) is 91.9 Å². The highest BCUT2D eigenvalue weighted by atomic mass is 79.9. The molecule has 0 aromatic heterocycles. The quantitative estimate of drug-likeness (QED) is 0.516. The summed E-state index contributed by atoms with van der Waals surface area (Å²) in [5.74, 6) is -0.739. The van der Waals surface area contributed by atoms with Crippen molar-refractivity contribution < 1.29 is 14.3 Å². The molecule has 0 saturated heterocycles. The number of hydrogen-bond donors (Lipinski definition) is 1. The second-order valence-corrected chi connectivity index (χ2v) is 8.16. The van der Waals surface area contributed by atoms with Gasteiger partial charge in [-0.2, -0.15) is 0 Å². The molecular formula is C25H24BrNO3. The van der Waals surface area contributed by atoms with Gasteiger partial charge < -0.3 is 10.1 Å². The van der Waals surface area contributed by atoms with Gasteiger partial charge in [-0.3, -0.25) is 4.79 Å². The molecule has 5 heteroatoms. The van der Waals surface area contributed by atoms with E-state index in [0.717, 1.165) is 21.2 Å². The normalized spacial score (nSPS) is 12.1. The molecule has 3 rings (SSSR count). The van der Waals surface area contributed by atoms with Crippen LogP contribution in [0.2, 0.25) is 0 Å². The van der Waals surface area contributed by atoms with Crippen molar-refractivity contribution in [3.8, 4) is 0 Å². The van der Waals surface area contributed by atoms with Gasteiger partial charge in [0.05, 0.1) is 12.5 Å². The molecule has 3 aromatic carbocycles. The average molecular weight is 466 g/mol. The van der Waals surface area contributed by atoms with Crippen LogP contribution in [0.1, 0.15) is 23.6 Å². The zero-order chi connectivity index (χ0) is 21.6. The fourth-order valence-corrected chi connectivity index (χ4v) is 3.96. The predicted octanol–water partition coefficient (Wildman–Crippen LogP) is 4.66. The van der Waals surface area contributed by atoms with Crippen molar-refractivity contribution >= 4 is 27.8 Å². The zero-order valence-corrected chi connectivity index (χ0v) is 18.6. The smallest absolute Gasteiger partial charge is 0.328 e. The summed E-state index contributed by atoms with van der Waals surface area (Å²) in [5, 5.41) is 2.94. The molecule has 0 aliphatic carbocycles. The van der Waals surface area contributed by atoms with Gasteiger partial charge in [0, 0.05) is 10.9 Å². The Morgan fingerprint density at radius 3 is 2.00 bits per heavy atom. The van der Waals surface area contributed by atoms with Gasteiger partial charge in [-0.15, -0.1) is 0 Å². The van der Waals surface area contributed by atoms with E-state index in [-0.39, 0.29) is 5.91 Å². The van der Waals surface area contributed by atoms with Crippen LogP contribution in [0.5, 0.6) is 0 Å². The molecule has 4 nitrogen and oxygen atoms in total. The van der Waals surface area contributed by atoms with Crippen LogP contribution in [0.4, 0.5) is 0 Å². The molecule has 0 aliphatic rings. The Morgan fingerprint density at radius 1 is 0.933 bits per heavy atom. The highest BCUT2D eigenvalue weighted by Gasteiger charge is 2.39. The summed E-state index contributed by atoms with van der Waals surface area (Å²) >= 11 is 3.45. The van der Waals surface area contributed by atoms with E-state index >= 15 is 0 Å². The van der Waals surface area contributed by atoms with Gasteiger partial charge >= 0.3 is 5.97 Å². The molecular weight excluding hydrogens is 442 g/mol. The maximum atomic E-state index is 13.6. The number of benzene rings is 3. The standard InChI is InChI=1S/C25H24BrNO3/c1-25(19-11-5-3-6-12-19,20-13-7-4-8-14-20)24(29)27-22(23(28)30-2)17-18-10-9-15-21(26)16-18/h3-16,22H,17H2,1-2H3,(H,27,29)/t22-/m0/s1. The Kier molecular flexibility index (Phi) is 7.06. The molecule has 0 bridgehead atoms. The summed E-state index contributed by atoms with van der Waals surface area (Å²) in [6, 6.07) is 26.0. The number of hydrogen-bond acceptors (Lipinski definition) is 3. The van der Waals surface area contributed by atoms with Crippen LogP contribution in [0.3, 0.4) is 0 Å². The number of amides is 1. The first-order valence-corrected chi connectivity index (χ1v) is 10.5. The largest absolute Gasteiger partial charge is 0.467 e. The molecule has 0 unspecified atom stereocenters. The molecule has 0 radical (unpaired) electrons. The van der Waals surface area contributed by atoms with Crippen LogP contribution in [0.25, 0.3) is 0 Å². The predicted molar refractivity (Wildman–Crippen MR) is 121 cm³/mol. The van der Waals surface area contributed by atoms with Crippen molar-refractivity contribution in [3.63, 3.8) is 0 Å². The van der Waals surface area contributed by atoms with E-state index in [1.165, 1.54) is 7.11 Å². The Bertz CT molecular complexity index is 966. The monoisotopic (exact) mass is 465 g/mol. The lowest BCUT2D eigenvalue weighted by Gasteiger charge is -2.31. The fourth-order valence-electron chi connectivity index (χ4n) is 3.51. The lowest BCUT2D eigenvalue weighted by Crippen LogP contribution is -2.51. The molecule has 30 heavy (non-hydrogen) atoms. The van der Waals surface area contributed by atoms with Crippen LogP contribution < -0.4 is 5.32 Å². The van der Waals surface area contributed by atoms with Crippen molar-refractivity contribution in [3.05, 3.63) is 106 Å². The number of nitrogens with one attached hydrogen (secondary N) is 1. The van der Waals surface area contributed by atoms with Gasteiger partial charge in [-0.25, -0.2) is 4.79 Å². The molecule has 0 aliphatic heterocycles. The van der Waals surface area contributed by atoms with Gasteiger partial charge in [0.2, 0.25) is 5.91 Å². The van der Waals surface area contributed by atoms with Crippen LogP contribution >= 0.6 is 15.9 Å². The Balaban J connectivity index is 1.95. The van der Waals surface area contributed by atoms with Crippen LogP contribution in [-0.4, -0.2) is 25.0 Å². The van der Waals surface area contributed by atoms with Crippen LogP contribution in [0.15, 0.2) is 89.4 Å². The number of carbonyl (C=O) groups is 2. The minimum Gasteiger partial charge on any atom is -0.467 e. The molecule has 3 aromatic rings. The van der Waals surface area contributed by atoms with Crippen molar-refractivity contribution in [1.29, 1.82) is 0 Å². The number of esters is 1. The van der Waals surface area contributed by atoms with Gasteiger partial charge in [0.15, 0.2) is 0 Å². The van der Waals surface area contributed by atoms with E-state index in [0.29, 0.717) is 6.42 Å². The van der Waals surface area contributed by atoms with E-state index in [4.69, 9.17) is 4.74 Å². The SMILES string of the molecule is COC(=O)[C@H](Cc1cccc(Br)c1)NC(=O)C(C)(c1ccccc1)c1ccccc1. The third-order valence-corrected chi connectivity index (χ3v) is 5.77. The first-order valence-electron chi connectivity index (χ1n) is 9.69. The van der Waals surface area contributed by atoms with E-state index in [1.54, 1.807) is 0 Å². The minimum atomic E-state index is -0.966. The highest BCUT2D eigenvalue weighted by Crippen LogP contribution is 2.32. The van der Waals surface area contributed by atoms with E-state index in [2.05, 4.69) is 21.2 Å². The van der Waals surface area contributed by atoms with Crippen LogP contribution in [-0.2, 0) is 26.2 Å². The third-order valence-electron chi connectivity index (χ3n) is 5.28. The Labute approximate surface area is 185 Å². The molecule has 154 valence electrons. The second kappa shape index (κ2) is 9.72. The Hall–Kier alpha value is -2.92. The number of halogens is 1. The lowest BCUT2D eigenvalue weighted by atomic mass is 9.75. The molecule has 0 heterocycles. The van der Waals surface area contributed by atoms with Gasteiger partial charge in [0.25, 0.3) is 0 Å².